The second-order valence-electron chi connectivity index (χ2n) is 6.45. The number of aryl methyl sites for hydroxylation is 1. The molecule has 0 aliphatic carbocycles. The Kier molecular flexibility index (Phi) is 4.11. The van der Waals surface area contributed by atoms with E-state index in [1.165, 1.54) is 13.1 Å². The molecule has 2 atom stereocenters. The molecule has 0 spiro atoms. The van der Waals surface area contributed by atoms with Crippen LogP contribution in [0.15, 0.2) is 35.6 Å². The van der Waals surface area contributed by atoms with Crippen LogP contribution in [0.5, 0.6) is 5.75 Å². The Bertz CT molecular complexity index is 989. The summed E-state index contributed by atoms with van der Waals surface area (Å²) >= 11 is 0. The van der Waals surface area contributed by atoms with Gasteiger partial charge in [0, 0.05) is 17.3 Å². The second-order valence-corrected chi connectivity index (χ2v) is 6.45. The molecule has 2 aromatic rings. The maximum absolute atomic E-state index is 13.6. The number of carbonyl (C=O) groups is 1. The Morgan fingerprint density at radius 2 is 1.93 bits per heavy atom. The summed E-state index contributed by atoms with van der Waals surface area (Å²) < 4.78 is 59.5. The van der Waals surface area contributed by atoms with Crippen molar-refractivity contribution in [3.05, 3.63) is 53.1 Å². The zero-order valence-corrected chi connectivity index (χ0v) is 14.4. The minimum absolute atomic E-state index is 0.0102. The number of rotatable bonds is 2. The van der Waals surface area contributed by atoms with Crippen LogP contribution in [0, 0.1) is 18.7 Å². The van der Waals surface area contributed by atoms with Crippen molar-refractivity contribution in [1.82, 2.24) is 4.98 Å². The Balaban J connectivity index is 1.80. The number of aromatic hydroxyl groups is 1. The molecule has 2 aliphatic heterocycles. The maximum atomic E-state index is 13.6. The van der Waals surface area contributed by atoms with Gasteiger partial charge in [0.15, 0.2) is 5.71 Å². The molecule has 0 bridgehead atoms. The lowest BCUT2D eigenvalue weighted by Crippen LogP contribution is -2.37. The van der Waals surface area contributed by atoms with E-state index in [0.717, 1.165) is 24.3 Å². The molecule has 0 radical (unpaired) electrons. The Labute approximate surface area is 156 Å². The van der Waals surface area contributed by atoms with Gasteiger partial charge in [-0.15, -0.1) is 0 Å². The largest absolute Gasteiger partial charge is 0.506 e. The molecule has 2 aliphatic rings. The predicted octanol–water partition coefficient (Wildman–Crippen LogP) is 3.39. The van der Waals surface area contributed by atoms with Crippen molar-refractivity contribution in [2.45, 2.75) is 25.8 Å². The lowest BCUT2D eigenvalue weighted by Gasteiger charge is -2.21. The third-order valence-electron chi connectivity index (χ3n) is 4.70. The summed E-state index contributed by atoms with van der Waals surface area (Å²) in [6.07, 6.45) is -4.87. The van der Waals surface area contributed by atoms with Crippen LogP contribution in [-0.4, -0.2) is 27.9 Å². The SMILES string of the molecule is Cc1ncc2c(c1O)[C@H]([C@H]1C(=O)N(c3ccc(F)cc3)N=C1C(F)(F)F)OC2. The van der Waals surface area contributed by atoms with Crippen molar-refractivity contribution in [2.24, 2.45) is 11.0 Å². The quantitative estimate of drug-likeness (QED) is 0.791. The number of aromatic nitrogens is 1. The van der Waals surface area contributed by atoms with Gasteiger partial charge in [-0.1, -0.05) is 0 Å². The van der Waals surface area contributed by atoms with Gasteiger partial charge in [0.05, 0.1) is 18.0 Å². The highest BCUT2D eigenvalue weighted by atomic mass is 19.4. The number of hydrogen-bond acceptors (Lipinski definition) is 5. The van der Waals surface area contributed by atoms with Gasteiger partial charge >= 0.3 is 6.18 Å². The summed E-state index contributed by atoms with van der Waals surface area (Å²) in [6.45, 7) is 1.40. The van der Waals surface area contributed by atoms with Crippen molar-refractivity contribution < 1.29 is 32.2 Å². The molecule has 1 aromatic carbocycles. The lowest BCUT2D eigenvalue weighted by atomic mass is 9.89. The van der Waals surface area contributed by atoms with Crippen LogP contribution < -0.4 is 5.01 Å². The molecule has 3 heterocycles. The van der Waals surface area contributed by atoms with Gasteiger partial charge in [-0.05, 0) is 31.2 Å². The number of hydrogen-bond donors (Lipinski definition) is 1. The van der Waals surface area contributed by atoms with Gasteiger partial charge in [-0.2, -0.15) is 23.3 Å². The number of benzene rings is 1. The van der Waals surface area contributed by atoms with Gasteiger partial charge in [-0.3, -0.25) is 9.78 Å². The molecule has 6 nitrogen and oxygen atoms in total. The Morgan fingerprint density at radius 1 is 1.25 bits per heavy atom. The topological polar surface area (TPSA) is 75.0 Å². The monoisotopic (exact) mass is 395 g/mol. The molecular weight excluding hydrogens is 382 g/mol. The number of nitrogens with zero attached hydrogens (tertiary/aromatic N) is 3. The molecule has 28 heavy (non-hydrogen) atoms. The van der Waals surface area contributed by atoms with Gasteiger partial charge in [0.25, 0.3) is 5.91 Å². The molecule has 10 heteroatoms. The molecule has 1 aromatic heterocycles. The third-order valence-corrected chi connectivity index (χ3v) is 4.70. The van der Waals surface area contributed by atoms with E-state index in [0.29, 0.717) is 10.6 Å². The van der Waals surface area contributed by atoms with E-state index in [4.69, 9.17) is 4.74 Å². The summed E-state index contributed by atoms with van der Waals surface area (Å²) in [4.78, 5) is 16.8. The third kappa shape index (κ3) is 2.80. The molecule has 1 amide bonds. The van der Waals surface area contributed by atoms with Gasteiger partial charge < -0.3 is 9.84 Å². The number of fused-ring (bicyclic) bond motifs is 1. The number of amides is 1. The normalized spacial score (nSPS) is 21.8. The minimum Gasteiger partial charge on any atom is -0.506 e. The van der Waals surface area contributed by atoms with Gasteiger partial charge in [-0.25, -0.2) is 4.39 Å². The van der Waals surface area contributed by atoms with Crippen molar-refractivity contribution in [1.29, 1.82) is 0 Å². The van der Waals surface area contributed by atoms with Gasteiger partial charge in [0.1, 0.15) is 23.6 Å². The van der Waals surface area contributed by atoms with Gasteiger partial charge in [0.2, 0.25) is 0 Å². The minimum atomic E-state index is -4.90. The summed E-state index contributed by atoms with van der Waals surface area (Å²) in [7, 11) is 0. The van der Waals surface area contributed by atoms with E-state index in [2.05, 4.69) is 10.1 Å². The van der Waals surface area contributed by atoms with E-state index < -0.39 is 35.6 Å². The first-order valence-corrected chi connectivity index (χ1v) is 8.22. The van der Waals surface area contributed by atoms with Crippen molar-refractivity contribution in [3.8, 4) is 5.75 Å². The molecule has 1 N–H and O–H groups in total. The summed E-state index contributed by atoms with van der Waals surface area (Å²) in [5.74, 6) is -3.70. The average Bonchev–Trinajstić information content (AvgIpc) is 3.20. The van der Waals surface area contributed by atoms with E-state index >= 15 is 0 Å². The van der Waals surface area contributed by atoms with Crippen LogP contribution in [0.4, 0.5) is 23.2 Å². The number of hydrazone groups is 1. The number of carbonyl (C=O) groups excluding carboxylic acids is 1. The van der Waals surface area contributed by atoms with Crippen LogP contribution in [0.1, 0.15) is 22.9 Å². The number of alkyl halides is 3. The zero-order chi connectivity index (χ0) is 20.2. The smallest absolute Gasteiger partial charge is 0.432 e. The number of halogens is 4. The number of ether oxygens (including phenoxy) is 1. The van der Waals surface area contributed by atoms with Crippen LogP contribution in [-0.2, 0) is 16.1 Å². The Hall–Kier alpha value is -3.01. The van der Waals surface area contributed by atoms with Crippen LogP contribution >= 0.6 is 0 Å². The van der Waals surface area contributed by atoms with Crippen molar-refractivity contribution in [2.75, 3.05) is 5.01 Å². The fourth-order valence-electron chi connectivity index (χ4n) is 3.35. The zero-order valence-electron chi connectivity index (χ0n) is 14.4. The molecule has 0 saturated carbocycles. The molecule has 4 rings (SSSR count). The standard InChI is InChI=1S/C18H13F4N3O3/c1-8-14(26)12-9(6-23-8)7-28-15(12)13-16(18(20,21)22)24-25(17(13)27)11-4-2-10(19)3-5-11/h2-6,13,15,26H,7H2,1H3/t13-,15-/m1/s1. The number of pyridine rings is 1. The molecule has 146 valence electrons. The summed E-state index contributed by atoms with van der Waals surface area (Å²) in [5, 5.41) is 14.4. The first kappa shape index (κ1) is 18.4. The summed E-state index contributed by atoms with van der Waals surface area (Å²) in [6, 6.07) is 4.34. The molecule has 0 fully saturated rings. The fourth-order valence-corrected chi connectivity index (χ4v) is 3.35. The highest BCUT2D eigenvalue weighted by molar-refractivity contribution is 6.18. The highest BCUT2D eigenvalue weighted by Gasteiger charge is 2.55. The molecule has 0 saturated heterocycles. The number of anilines is 1. The predicted molar refractivity (Wildman–Crippen MR) is 89.0 cm³/mol. The fraction of sp³-hybridized carbons (Fsp3) is 0.278. The van der Waals surface area contributed by atoms with E-state index in [-0.39, 0.29) is 29.3 Å². The maximum Gasteiger partial charge on any atom is 0.432 e. The summed E-state index contributed by atoms with van der Waals surface area (Å²) in [5.41, 5.74) is -0.635. The average molecular weight is 395 g/mol. The van der Waals surface area contributed by atoms with Crippen LogP contribution in [0.25, 0.3) is 0 Å². The first-order chi connectivity index (χ1) is 13.2. The van der Waals surface area contributed by atoms with E-state index in [1.807, 2.05) is 0 Å². The van der Waals surface area contributed by atoms with Crippen LogP contribution in [0.2, 0.25) is 0 Å². The van der Waals surface area contributed by atoms with E-state index in [1.54, 1.807) is 0 Å². The first-order valence-electron chi connectivity index (χ1n) is 8.22. The highest BCUT2D eigenvalue weighted by Crippen LogP contribution is 2.47. The van der Waals surface area contributed by atoms with E-state index in [9.17, 15) is 27.5 Å². The van der Waals surface area contributed by atoms with Crippen molar-refractivity contribution >= 4 is 17.3 Å². The molecule has 0 unspecified atom stereocenters. The second kappa shape index (κ2) is 6.26. The Morgan fingerprint density at radius 3 is 2.57 bits per heavy atom. The van der Waals surface area contributed by atoms with Crippen LogP contribution in [0.3, 0.4) is 0 Å². The lowest BCUT2D eigenvalue weighted by molar-refractivity contribution is -0.125. The molecular formula is C18H13F4N3O3. The van der Waals surface area contributed by atoms with Crippen molar-refractivity contribution in [3.63, 3.8) is 0 Å².